The van der Waals surface area contributed by atoms with E-state index in [4.69, 9.17) is 0 Å². The largest absolute Gasteiger partial charge is 0.481 e. The van der Waals surface area contributed by atoms with Gasteiger partial charge in [-0.3, -0.25) is 19.2 Å². The lowest BCUT2D eigenvalue weighted by atomic mass is 9.43. The molecule has 4 aliphatic rings. The summed E-state index contributed by atoms with van der Waals surface area (Å²) in [7, 11) is 0. The molecule has 2 fully saturated rings. The van der Waals surface area contributed by atoms with E-state index in [1.165, 1.54) is 6.92 Å². The molecule has 7 heteroatoms. The monoisotopic (exact) mass is 516 g/mol. The summed E-state index contributed by atoms with van der Waals surface area (Å²) in [6, 6.07) is 0. The van der Waals surface area contributed by atoms with E-state index in [1.807, 2.05) is 20.8 Å². The van der Waals surface area contributed by atoms with Crippen LogP contribution < -0.4 is 0 Å². The van der Waals surface area contributed by atoms with Crippen LogP contribution in [-0.2, 0) is 19.2 Å². The first-order chi connectivity index (χ1) is 16.9. The van der Waals surface area contributed by atoms with E-state index >= 15 is 0 Å². The zero-order valence-electron chi connectivity index (χ0n) is 23.4. The third kappa shape index (κ3) is 3.74. The number of hydrogen-bond acceptors (Lipinski definition) is 6. The second-order valence-corrected chi connectivity index (χ2v) is 13.8. The molecule has 2 saturated carbocycles. The molecule has 3 N–H and O–H groups in total. The molecule has 4 aliphatic carbocycles. The number of hydrogen-bond donors (Lipinski definition) is 3. The molecule has 206 valence electrons. The van der Waals surface area contributed by atoms with Gasteiger partial charge in [0.25, 0.3) is 0 Å². The number of aliphatic carboxylic acids is 1. The Morgan fingerprint density at radius 1 is 1.05 bits per heavy atom. The van der Waals surface area contributed by atoms with Gasteiger partial charge in [-0.15, -0.1) is 0 Å². The maximum absolute atomic E-state index is 14.0. The molecule has 0 saturated heterocycles. The van der Waals surface area contributed by atoms with Crippen molar-refractivity contribution in [3.63, 3.8) is 0 Å². The summed E-state index contributed by atoms with van der Waals surface area (Å²) in [6.45, 7) is 13.6. The highest BCUT2D eigenvalue weighted by atomic mass is 16.4. The summed E-state index contributed by atoms with van der Waals surface area (Å²) in [5.74, 6) is -3.14. The summed E-state index contributed by atoms with van der Waals surface area (Å²) in [6.07, 6.45) is 1.28. The smallest absolute Gasteiger partial charge is 0.309 e. The van der Waals surface area contributed by atoms with Crippen LogP contribution in [0.1, 0.15) is 93.4 Å². The molecule has 9 unspecified atom stereocenters. The number of Topliss-reactive ketones (excluding diaryl/α,β-unsaturated/α-hetero) is 3. The van der Waals surface area contributed by atoms with Gasteiger partial charge < -0.3 is 15.3 Å². The van der Waals surface area contributed by atoms with Gasteiger partial charge in [0.1, 0.15) is 11.9 Å². The first-order valence-corrected chi connectivity index (χ1v) is 13.9. The molecule has 9 atom stereocenters. The highest BCUT2D eigenvalue weighted by Gasteiger charge is 2.68. The van der Waals surface area contributed by atoms with Crippen molar-refractivity contribution in [3.05, 3.63) is 11.1 Å². The van der Waals surface area contributed by atoms with Crippen LogP contribution in [0.15, 0.2) is 11.1 Å². The third-order valence-corrected chi connectivity index (χ3v) is 11.8. The highest BCUT2D eigenvalue weighted by molar-refractivity contribution is 6.05. The van der Waals surface area contributed by atoms with Gasteiger partial charge in [-0.1, -0.05) is 34.6 Å². The molecule has 0 radical (unpaired) electrons. The molecule has 0 heterocycles. The fourth-order valence-electron chi connectivity index (χ4n) is 9.16. The normalized spacial score (nSPS) is 41.4. The fraction of sp³-hybridized carbons (Fsp3) is 0.800. The van der Waals surface area contributed by atoms with E-state index in [-0.39, 0.29) is 59.4 Å². The first-order valence-electron chi connectivity index (χ1n) is 13.9. The van der Waals surface area contributed by atoms with Crippen LogP contribution in [0.3, 0.4) is 0 Å². The molecule has 0 aromatic heterocycles. The topological polar surface area (TPSA) is 129 Å². The van der Waals surface area contributed by atoms with Crippen molar-refractivity contribution < 1.29 is 34.5 Å². The quantitative estimate of drug-likeness (QED) is 0.484. The Balaban J connectivity index is 1.71. The van der Waals surface area contributed by atoms with E-state index in [0.29, 0.717) is 12.8 Å². The van der Waals surface area contributed by atoms with E-state index < -0.39 is 40.7 Å². The van der Waals surface area contributed by atoms with Crippen molar-refractivity contribution in [2.75, 3.05) is 0 Å². The SMILES string of the molecule is CC(CC(=O)C(O)C(C)C(=O)O)C1CC(=O)C2(C)C3=C(C(=O)CC12C)C1(C)CCC(O)C(C)(C)C1CC3. The van der Waals surface area contributed by atoms with Crippen LogP contribution in [-0.4, -0.2) is 50.8 Å². The molecule has 0 spiro atoms. The van der Waals surface area contributed by atoms with Crippen LogP contribution in [0.4, 0.5) is 0 Å². The van der Waals surface area contributed by atoms with Crippen molar-refractivity contribution in [2.24, 2.45) is 45.3 Å². The van der Waals surface area contributed by atoms with Crippen molar-refractivity contribution in [1.29, 1.82) is 0 Å². The van der Waals surface area contributed by atoms with Crippen LogP contribution >= 0.6 is 0 Å². The average molecular weight is 517 g/mol. The van der Waals surface area contributed by atoms with Crippen LogP contribution in [0.5, 0.6) is 0 Å². The number of carbonyl (C=O) groups is 4. The van der Waals surface area contributed by atoms with Crippen molar-refractivity contribution >= 4 is 23.3 Å². The summed E-state index contributed by atoms with van der Waals surface area (Å²) in [5.41, 5.74) is -0.363. The Kier molecular flexibility index (Phi) is 6.72. The lowest BCUT2D eigenvalue weighted by Crippen LogP contribution is -2.57. The number of carboxylic acids is 1. The van der Waals surface area contributed by atoms with Crippen LogP contribution in [0.2, 0.25) is 0 Å². The fourth-order valence-corrected chi connectivity index (χ4v) is 9.16. The molecule has 0 amide bonds. The molecule has 37 heavy (non-hydrogen) atoms. The summed E-state index contributed by atoms with van der Waals surface area (Å²) in [4.78, 5) is 51.9. The Hall–Kier alpha value is -1.86. The Morgan fingerprint density at radius 3 is 2.27 bits per heavy atom. The van der Waals surface area contributed by atoms with Gasteiger partial charge >= 0.3 is 5.97 Å². The lowest BCUT2D eigenvalue weighted by Gasteiger charge is -2.60. The second kappa shape index (κ2) is 8.84. The Morgan fingerprint density at radius 2 is 1.68 bits per heavy atom. The average Bonchev–Trinajstić information content (AvgIpc) is 3.01. The number of fused-ring (bicyclic) bond motifs is 4. The molecule has 7 nitrogen and oxygen atoms in total. The summed E-state index contributed by atoms with van der Waals surface area (Å²) >= 11 is 0. The molecule has 0 aliphatic heterocycles. The van der Waals surface area contributed by atoms with Crippen LogP contribution in [0.25, 0.3) is 0 Å². The van der Waals surface area contributed by atoms with E-state index in [9.17, 15) is 34.5 Å². The van der Waals surface area contributed by atoms with Gasteiger partial charge in [-0.2, -0.15) is 0 Å². The molecule has 0 bridgehead atoms. The van der Waals surface area contributed by atoms with Gasteiger partial charge in [0, 0.05) is 24.8 Å². The molecule has 4 rings (SSSR count). The van der Waals surface area contributed by atoms with E-state index in [2.05, 4.69) is 20.8 Å². The zero-order chi connectivity index (χ0) is 27.9. The Bertz CT molecular complexity index is 1070. The lowest BCUT2D eigenvalue weighted by molar-refractivity contribution is -0.150. The number of ketones is 3. The minimum absolute atomic E-state index is 0.0334. The van der Waals surface area contributed by atoms with Gasteiger partial charge in [-0.25, -0.2) is 0 Å². The maximum Gasteiger partial charge on any atom is 0.309 e. The number of carboxylic acid groups (broad SMARTS) is 1. The highest BCUT2D eigenvalue weighted by Crippen LogP contribution is 2.70. The standard InChI is InChI=1S/C30H44O7/c1-15(12-19(31)25(35)16(2)26(36)37)18-13-23(34)30(7)17-8-9-21-27(3,4)22(33)10-11-28(21,5)24(17)20(32)14-29(18,30)6/h15-16,18,21-22,25,33,35H,8-14H2,1-7H3,(H,36,37). The number of allylic oxidation sites excluding steroid dienone is 2. The van der Waals surface area contributed by atoms with Gasteiger partial charge in [0.05, 0.1) is 17.4 Å². The number of rotatable bonds is 6. The van der Waals surface area contributed by atoms with Gasteiger partial charge in [0.15, 0.2) is 11.6 Å². The minimum atomic E-state index is -1.60. The summed E-state index contributed by atoms with van der Waals surface area (Å²) < 4.78 is 0. The third-order valence-electron chi connectivity index (χ3n) is 11.8. The second-order valence-electron chi connectivity index (χ2n) is 13.8. The zero-order valence-corrected chi connectivity index (χ0v) is 23.4. The van der Waals surface area contributed by atoms with E-state index in [1.54, 1.807) is 0 Å². The van der Waals surface area contributed by atoms with Crippen LogP contribution in [0, 0.1) is 45.3 Å². The summed E-state index contributed by atoms with van der Waals surface area (Å²) in [5, 5.41) is 30.2. The Labute approximate surface area is 220 Å². The number of aliphatic hydroxyl groups is 2. The van der Waals surface area contributed by atoms with Gasteiger partial charge in [-0.05, 0) is 79.1 Å². The predicted molar refractivity (Wildman–Crippen MR) is 137 cm³/mol. The molecular formula is C30H44O7. The predicted octanol–water partition coefficient (Wildman–Crippen LogP) is 4.13. The van der Waals surface area contributed by atoms with Crippen molar-refractivity contribution in [2.45, 2.75) is 106 Å². The van der Waals surface area contributed by atoms with Crippen molar-refractivity contribution in [3.8, 4) is 0 Å². The molecule has 0 aromatic rings. The maximum atomic E-state index is 14.0. The van der Waals surface area contributed by atoms with Gasteiger partial charge in [0.2, 0.25) is 0 Å². The molecule has 0 aromatic carbocycles. The first kappa shape index (κ1) is 28.2. The number of carbonyl (C=O) groups excluding carboxylic acids is 3. The number of aliphatic hydroxyl groups excluding tert-OH is 2. The van der Waals surface area contributed by atoms with E-state index in [0.717, 1.165) is 24.0 Å². The minimum Gasteiger partial charge on any atom is -0.481 e. The van der Waals surface area contributed by atoms with Crippen molar-refractivity contribution in [1.82, 2.24) is 0 Å². The molecular weight excluding hydrogens is 472 g/mol.